The van der Waals surface area contributed by atoms with Crippen LogP contribution >= 0.6 is 11.3 Å². The quantitative estimate of drug-likeness (QED) is 0.496. The van der Waals surface area contributed by atoms with Crippen molar-refractivity contribution in [3.8, 4) is 5.75 Å². The van der Waals surface area contributed by atoms with Gasteiger partial charge in [-0.3, -0.25) is 4.79 Å². The predicted octanol–water partition coefficient (Wildman–Crippen LogP) is 4.13. The first-order valence-electron chi connectivity index (χ1n) is 9.04. The lowest BCUT2D eigenvalue weighted by Gasteiger charge is -2.04. The summed E-state index contributed by atoms with van der Waals surface area (Å²) in [6, 6.07) is 15.9. The lowest BCUT2D eigenvalue weighted by Crippen LogP contribution is -2.14. The Morgan fingerprint density at radius 1 is 1.18 bits per heavy atom. The Bertz CT molecular complexity index is 1100. The Morgan fingerprint density at radius 2 is 2.07 bits per heavy atom. The second kappa shape index (κ2) is 8.22. The number of fused-ring (bicyclic) bond motifs is 1. The number of aryl methyl sites for hydroxylation is 1. The molecule has 0 aliphatic rings. The fourth-order valence-corrected chi connectivity index (χ4v) is 3.72. The van der Waals surface area contributed by atoms with E-state index in [-0.39, 0.29) is 12.3 Å². The summed E-state index contributed by atoms with van der Waals surface area (Å²) in [5.74, 6) is 0.736. The van der Waals surface area contributed by atoms with E-state index in [9.17, 15) is 4.79 Å². The summed E-state index contributed by atoms with van der Waals surface area (Å²) in [6.45, 7) is 2.55. The van der Waals surface area contributed by atoms with Gasteiger partial charge in [0.15, 0.2) is 0 Å². The average Bonchev–Trinajstić information content (AvgIpc) is 3.29. The van der Waals surface area contributed by atoms with E-state index in [1.54, 1.807) is 0 Å². The van der Waals surface area contributed by atoms with Crippen LogP contribution in [0.5, 0.6) is 5.75 Å². The fourth-order valence-electron chi connectivity index (χ4n) is 2.98. The van der Waals surface area contributed by atoms with Crippen LogP contribution in [-0.2, 0) is 17.6 Å². The molecule has 2 aromatic heterocycles. The Morgan fingerprint density at radius 3 is 2.96 bits per heavy atom. The summed E-state index contributed by atoms with van der Waals surface area (Å²) in [5, 5.41) is 13.4. The van der Waals surface area contributed by atoms with Gasteiger partial charge in [0.25, 0.3) is 0 Å². The van der Waals surface area contributed by atoms with Gasteiger partial charge >= 0.3 is 0 Å². The summed E-state index contributed by atoms with van der Waals surface area (Å²) in [4.78, 5) is 15.5. The molecule has 0 bridgehead atoms. The highest BCUT2D eigenvalue weighted by Gasteiger charge is 2.12. The number of carbonyl (C=O) groups excluding carboxylic acids is 1. The molecule has 0 saturated heterocycles. The molecular formula is C21H20N4O2S. The molecule has 0 atom stereocenters. The second-order valence-electron chi connectivity index (χ2n) is 6.50. The van der Waals surface area contributed by atoms with Crippen molar-refractivity contribution in [3.63, 3.8) is 0 Å². The van der Waals surface area contributed by atoms with Gasteiger partial charge in [-0.05, 0) is 36.2 Å². The van der Waals surface area contributed by atoms with Gasteiger partial charge in [-0.25, -0.2) is 0 Å². The number of para-hydroxylation sites is 1. The molecule has 7 heteroatoms. The SMILES string of the molecule is Cc1cccc(OCCc2nnc(NC(=O)Cc3c[nH]c4ccccc34)s2)c1. The number of H-pyrrole nitrogens is 1. The largest absolute Gasteiger partial charge is 0.493 e. The van der Waals surface area contributed by atoms with E-state index >= 15 is 0 Å². The molecule has 2 N–H and O–H groups in total. The summed E-state index contributed by atoms with van der Waals surface area (Å²) < 4.78 is 5.74. The van der Waals surface area contributed by atoms with Gasteiger partial charge in [0.1, 0.15) is 10.8 Å². The van der Waals surface area contributed by atoms with Gasteiger partial charge in [0.05, 0.1) is 13.0 Å². The van der Waals surface area contributed by atoms with E-state index in [4.69, 9.17) is 4.74 Å². The number of ether oxygens (including phenoxy) is 1. The molecule has 0 spiro atoms. The Labute approximate surface area is 166 Å². The van der Waals surface area contributed by atoms with Crippen molar-refractivity contribution in [3.05, 3.63) is 70.9 Å². The molecule has 0 saturated carbocycles. The van der Waals surface area contributed by atoms with E-state index in [1.165, 1.54) is 11.3 Å². The first-order chi connectivity index (χ1) is 13.7. The Balaban J connectivity index is 1.30. The van der Waals surface area contributed by atoms with Crippen LogP contribution in [0, 0.1) is 6.92 Å². The maximum absolute atomic E-state index is 12.4. The minimum atomic E-state index is -0.108. The number of carbonyl (C=O) groups is 1. The van der Waals surface area contributed by atoms with E-state index in [1.807, 2.05) is 61.7 Å². The van der Waals surface area contributed by atoms with Crippen LogP contribution in [0.4, 0.5) is 5.13 Å². The Hall–Kier alpha value is -3.19. The molecule has 142 valence electrons. The van der Waals surface area contributed by atoms with Crippen LogP contribution in [0.1, 0.15) is 16.1 Å². The zero-order valence-electron chi connectivity index (χ0n) is 15.4. The molecule has 6 nitrogen and oxygen atoms in total. The zero-order chi connectivity index (χ0) is 19.3. The van der Waals surface area contributed by atoms with Crippen molar-refractivity contribution in [2.75, 3.05) is 11.9 Å². The summed E-state index contributed by atoms with van der Waals surface area (Å²) in [5.41, 5.74) is 3.15. The summed E-state index contributed by atoms with van der Waals surface area (Å²) >= 11 is 1.37. The fraction of sp³-hybridized carbons (Fsp3) is 0.190. The van der Waals surface area contributed by atoms with Crippen molar-refractivity contribution in [1.29, 1.82) is 0 Å². The molecule has 0 aliphatic heterocycles. The monoisotopic (exact) mass is 392 g/mol. The normalized spacial score (nSPS) is 10.9. The number of aromatic amines is 1. The number of anilines is 1. The number of rotatable bonds is 7. The third kappa shape index (κ3) is 4.37. The lowest BCUT2D eigenvalue weighted by molar-refractivity contribution is -0.115. The number of nitrogens with one attached hydrogen (secondary N) is 2. The van der Waals surface area contributed by atoms with Crippen molar-refractivity contribution >= 4 is 33.3 Å². The smallest absolute Gasteiger partial charge is 0.230 e. The first kappa shape index (κ1) is 18.2. The number of amides is 1. The zero-order valence-corrected chi connectivity index (χ0v) is 16.3. The lowest BCUT2D eigenvalue weighted by atomic mass is 10.1. The molecular weight excluding hydrogens is 372 g/mol. The highest BCUT2D eigenvalue weighted by Crippen LogP contribution is 2.20. The number of aromatic nitrogens is 3. The highest BCUT2D eigenvalue weighted by molar-refractivity contribution is 7.15. The van der Waals surface area contributed by atoms with Crippen molar-refractivity contribution in [2.24, 2.45) is 0 Å². The van der Waals surface area contributed by atoms with Gasteiger partial charge in [-0.1, -0.05) is 41.7 Å². The van der Waals surface area contributed by atoms with Crippen molar-refractivity contribution in [1.82, 2.24) is 15.2 Å². The molecule has 0 unspecified atom stereocenters. The second-order valence-corrected chi connectivity index (χ2v) is 7.56. The molecule has 0 aliphatic carbocycles. The number of nitrogens with zero attached hydrogens (tertiary/aromatic N) is 2. The van der Waals surface area contributed by atoms with Crippen molar-refractivity contribution < 1.29 is 9.53 Å². The van der Waals surface area contributed by atoms with Crippen LogP contribution in [-0.4, -0.2) is 27.7 Å². The minimum Gasteiger partial charge on any atom is -0.493 e. The van der Waals surface area contributed by atoms with Crippen LogP contribution in [0.15, 0.2) is 54.7 Å². The average molecular weight is 392 g/mol. The maximum Gasteiger partial charge on any atom is 0.230 e. The van der Waals surface area contributed by atoms with E-state index < -0.39 is 0 Å². The van der Waals surface area contributed by atoms with Gasteiger partial charge in [0.2, 0.25) is 11.0 Å². The van der Waals surface area contributed by atoms with Crippen LogP contribution in [0.3, 0.4) is 0 Å². The molecule has 1 amide bonds. The molecule has 4 aromatic rings. The molecule has 28 heavy (non-hydrogen) atoms. The summed E-state index contributed by atoms with van der Waals surface area (Å²) in [6.07, 6.45) is 2.80. The summed E-state index contributed by atoms with van der Waals surface area (Å²) in [7, 11) is 0. The molecule has 4 rings (SSSR count). The topological polar surface area (TPSA) is 79.9 Å². The molecule has 0 radical (unpaired) electrons. The number of hydrogen-bond acceptors (Lipinski definition) is 5. The molecule has 2 heterocycles. The molecule has 2 aromatic carbocycles. The van der Waals surface area contributed by atoms with Gasteiger partial charge in [-0.2, -0.15) is 0 Å². The Kier molecular flexibility index (Phi) is 5.34. The third-order valence-corrected chi connectivity index (χ3v) is 5.21. The first-order valence-corrected chi connectivity index (χ1v) is 9.86. The van der Waals surface area contributed by atoms with Gasteiger partial charge in [0, 0.05) is 23.5 Å². The van der Waals surface area contributed by atoms with E-state index in [0.29, 0.717) is 18.2 Å². The van der Waals surface area contributed by atoms with Gasteiger partial charge < -0.3 is 15.0 Å². The van der Waals surface area contributed by atoms with Crippen LogP contribution in [0.2, 0.25) is 0 Å². The van der Waals surface area contributed by atoms with Crippen LogP contribution < -0.4 is 10.1 Å². The maximum atomic E-state index is 12.4. The van der Waals surface area contributed by atoms with E-state index in [2.05, 4.69) is 20.5 Å². The van der Waals surface area contributed by atoms with Crippen LogP contribution in [0.25, 0.3) is 10.9 Å². The minimum absolute atomic E-state index is 0.108. The number of hydrogen-bond donors (Lipinski definition) is 2. The van der Waals surface area contributed by atoms with Gasteiger partial charge in [-0.15, -0.1) is 10.2 Å². The highest BCUT2D eigenvalue weighted by atomic mass is 32.1. The standard InChI is InChI=1S/C21H20N4O2S/c1-14-5-4-6-16(11-14)27-10-9-20-24-25-21(28-20)23-19(26)12-15-13-22-18-8-3-2-7-17(15)18/h2-8,11,13,22H,9-10,12H2,1H3,(H,23,25,26). The van der Waals surface area contributed by atoms with E-state index in [0.717, 1.165) is 32.8 Å². The number of benzene rings is 2. The predicted molar refractivity (Wildman–Crippen MR) is 111 cm³/mol. The molecule has 0 fully saturated rings. The van der Waals surface area contributed by atoms with Crippen molar-refractivity contribution in [2.45, 2.75) is 19.8 Å². The third-order valence-electron chi connectivity index (χ3n) is 4.31.